The molecule has 28 heavy (non-hydrogen) atoms. The van der Waals surface area contributed by atoms with Gasteiger partial charge in [-0.15, -0.1) is 0 Å². The van der Waals surface area contributed by atoms with Gasteiger partial charge in [-0.05, 0) is 12.1 Å². The normalized spacial score (nSPS) is 11.1. The molecule has 0 atom stereocenters. The second-order valence-electron chi connectivity index (χ2n) is 5.78. The number of nitrogens with zero attached hydrogens (tertiary/aromatic N) is 6. The van der Waals surface area contributed by atoms with Crippen LogP contribution in [0.1, 0.15) is 5.56 Å². The minimum atomic E-state index is -0.851. The van der Waals surface area contributed by atoms with Gasteiger partial charge in [-0.3, -0.25) is 10.1 Å². The van der Waals surface area contributed by atoms with E-state index in [1.807, 2.05) is 0 Å². The third-order valence-electron chi connectivity index (χ3n) is 3.99. The molecule has 1 aromatic carbocycles. The molecule has 9 nitrogen and oxygen atoms in total. The Balaban J connectivity index is 1.87. The van der Waals surface area contributed by atoms with Crippen molar-refractivity contribution in [2.75, 3.05) is 0 Å². The van der Waals surface area contributed by atoms with Crippen LogP contribution in [-0.2, 0) is 6.54 Å². The third kappa shape index (κ3) is 2.98. The lowest BCUT2D eigenvalue weighted by Crippen LogP contribution is -2.05. The van der Waals surface area contributed by atoms with E-state index in [4.69, 9.17) is 0 Å². The molecule has 11 heteroatoms. The van der Waals surface area contributed by atoms with Gasteiger partial charge in [-0.1, -0.05) is 18.2 Å². The van der Waals surface area contributed by atoms with Crippen LogP contribution in [-0.4, -0.2) is 34.8 Å². The summed E-state index contributed by atoms with van der Waals surface area (Å²) in [7, 11) is 0. The zero-order chi connectivity index (χ0) is 19.8. The molecule has 4 rings (SSSR count). The van der Waals surface area contributed by atoms with Gasteiger partial charge in [-0.2, -0.15) is 10.1 Å². The lowest BCUT2D eigenvalue weighted by molar-refractivity contribution is -0.386. The first-order chi connectivity index (χ1) is 13.4. The zero-order valence-electron chi connectivity index (χ0n) is 14.0. The summed E-state index contributed by atoms with van der Waals surface area (Å²) >= 11 is 0. The number of nitro groups is 1. The summed E-state index contributed by atoms with van der Waals surface area (Å²) in [5.74, 6) is -2.10. The molecule has 3 heterocycles. The summed E-state index contributed by atoms with van der Waals surface area (Å²) in [5.41, 5.74) is -0.0650. The first kappa shape index (κ1) is 17.4. The molecule has 0 spiro atoms. The fourth-order valence-corrected chi connectivity index (χ4v) is 2.71. The van der Waals surface area contributed by atoms with E-state index in [1.165, 1.54) is 10.7 Å². The van der Waals surface area contributed by atoms with Crippen molar-refractivity contribution in [3.8, 4) is 17.4 Å². The second kappa shape index (κ2) is 6.61. The maximum Gasteiger partial charge on any atom is 0.348 e. The van der Waals surface area contributed by atoms with Crippen molar-refractivity contribution < 1.29 is 18.8 Å². The number of aromatic nitrogens is 5. The van der Waals surface area contributed by atoms with Gasteiger partial charge in [0.25, 0.3) is 5.88 Å². The van der Waals surface area contributed by atoms with Crippen molar-refractivity contribution in [1.82, 2.24) is 24.7 Å². The average Bonchev–Trinajstić information content (AvgIpc) is 3.00. The Morgan fingerprint density at radius 2 is 1.96 bits per heavy atom. The number of rotatable bonds is 4. The smallest absolute Gasteiger partial charge is 0.348 e. The molecule has 0 unspecified atom stereocenters. The fraction of sp³-hybridized carbons (Fsp3) is 0.0588. The number of hydrogen-bond donors (Lipinski definition) is 1. The number of hydrogen-bond acceptors (Lipinski definition) is 7. The van der Waals surface area contributed by atoms with Crippen LogP contribution in [0.5, 0.6) is 5.88 Å². The van der Waals surface area contributed by atoms with E-state index < -0.39 is 28.1 Å². The van der Waals surface area contributed by atoms with E-state index in [-0.39, 0.29) is 29.1 Å². The van der Waals surface area contributed by atoms with E-state index in [2.05, 4.69) is 20.1 Å². The van der Waals surface area contributed by atoms with Gasteiger partial charge in [0.2, 0.25) is 0 Å². The highest BCUT2D eigenvalue weighted by Crippen LogP contribution is 2.29. The van der Waals surface area contributed by atoms with E-state index in [0.717, 1.165) is 18.5 Å². The minimum Gasteiger partial charge on any atom is -0.488 e. The van der Waals surface area contributed by atoms with Crippen molar-refractivity contribution in [2.45, 2.75) is 6.54 Å². The van der Waals surface area contributed by atoms with Crippen LogP contribution in [0.2, 0.25) is 0 Å². The molecule has 0 bridgehead atoms. The summed E-state index contributed by atoms with van der Waals surface area (Å²) in [5, 5.41) is 25.1. The SMILES string of the molecule is O=[N+]([O-])c1cnc(-c2nn(Cc3ccccc3F)c3ncc(F)cc23)nc1O. The summed E-state index contributed by atoms with van der Waals surface area (Å²) in [6, 6.07) is 7.22. The number of pyridine rings is 1. The zero-order valence-corrected chi connectivity index (χ0v) is 14.0. The molecule has 4 aromatic rings. The van der Waals surface area contributed by atoms with Crippen molar-refractivity contribution in [3.05, 3.63) is 70.0 Å². The van der Waals surface area contributed by atoms with Crippen molar-refractivity contribution >= 4 is 16.7 Å². The van der Waals surface area contributed by atoms with Gasteiger partial charge in [0.1, 0.15) is 23.5 Å². The number of halogens is 2. The molecule has 0 saturated carbocycles. The second-order valence-corrected chi connectivity index (χ2v) is 5.78. The Labute approximate surface area is 155 Å². The molecule has 0 aliphatic heterocycles. The third-order valence-corrected chi connectivity index (χ3v) is 3.99. The lowest BCUT2D eigenvalue weighted by atomic mass is 10.2. The van der Waals surface area contributed by atoms with Gasteiger partial charge >= 0.3 is 5.69 Å². The van der Waals surface area contributed by atoms with Gasteiger partial charge in [-0.25, -0.2) is 23.4 Å². The molecule has 3 aromatic heterocycles. The van der Waals surface area contributed by atoms with Gasteiger partial charge in [0.05, 0.1) is 23.1 Å². The van der Waals surface area contributed by atoms with Crippen LogP contribution in [0, 0.1) is 21.7 Å². The summed E-state index contributed by atoms with van der Waals surface area (Å²) < 4.78 is 29.1. The quantitative estimate of drug-likeness (QED) is 0.424. The van der Waals surface area contributed by atoms with Crippen molar-refractivity contribution in [2.24, 2.45) is 0 Å². The molecule has 0 fully saturated rings. The van der Waals surface area contributed by atoms with Gasteiger partial charge < -0.3 is 5.11 Å². The van der Waals surface area contributed by atoms with E-state index in [1.54, 1.807) is 18.2 Å². The molecule has 0 radical (unpaired) electrons. The van der Waals surface area contributed by atoms with Crippen LogP contribution >= 0.6 is 0 Å². The summed E-state index contributed by atoms with van der Waals surface area (Å²) in [4.78, 5) is 21.5. The van der Waals surface area contributed by atoms with Crippen LogP contribution in [0.3, 0.4) is 0 Å². The van der Waals surface area contributed by atoms with Crippen LogP contribution < -0.4 is 0 Å². The van der Waals surface area contributed by atoms with Gasteiger partial charge in [0.15, 0.2) is 11.5 Å². The molecule has 0 aliphatic carbocycles. The molecule has 0 aliphatic rings. The van der Waals surface area contributed by atoms with Crippen LogP contribution in [0.15, 0.2) is 42.7 Å². The standard InChI is InChI=1S/C17H10F2N6O3/c18-10-5-11-14(15-20-7-13(25(27)28)17(26)22-15)23-24(16(11)21-6-10)8-9-3-1-2-4-12(9)19/h1-7H,8H2,(H,20,22,26). The Morgan fingerprint density at radius 3 is 2.68 bits per heavy atom. The molecule has 0 saturated heterocycles. The predicted molar refractivity (Wildman–Crippen MR) is 92.3 cm³/mol. The highest BCUT2D eigenvalue weighted by molar-refractivity contribution is 5.89. The largest absolute Gasteiger partial charge is 0.488 e. The van der Waals surface area contributed by atoms with E-state index in [9.17, 15) is 24.0 Å². The summed E-state index contributed by atoms with van der Waals surface area (Å²) in [6.07, 6.45) is 1.81. The first-order valence-electron chi connectivity index (χ1n) is 7.90. The number of aromatic hydroxyl groups is 1. The Bertz CT molecular complexity index is 1230. The van der Waals surface area contributed by atoms with Crippen molar-refractivity contribution in [3.63, 3.8) is 0 Å². The van der Waals surface area contributed by atoms with E-state index >= 15 is 0 Å². The maximum atomic E-state index is 14.0. The van der Waals surface area contributed by atoms with Crippen LogP contribution in [0.25, 0.3) is 22.6 Å². The highest BCUT2D eigenvalue weighted by atomic mass is 19.1. The Hall–Kier alpha value is -4.02. The monoisotopic (exact) mass is 384 g/mol. The molecule has 140 valence electrons. The maximum absolute atomic E-state index is 14.0. The highest BCUT2D eigenvalue weighted by Gasteiger charge is 2.22. The fourth-order valence-electron chi connectivity index (χ4n) is 2.71. The number of benzene rings is 1. The van der Waals surface area contributed by atoms with Crippen molar-refractivity contribution in [1.29, 1.82) is 0 Å². The first-order valence-corrected chi connectivity index (χ1v) is 7.90. The lowest BCUT2D eigenvalue weighted by Gasteiger charge is -2.04. The topological polar surface area (TPSA) is 120 Å². The minimum absolute atomic E-state index is 0.000763. The molecular weight excluding hydrogens is 374 g/mol. The Morgan fingerprint density at radius 1 is 1.18 bits per heavy atom. The van der Waals surface area contributed by atoms with E-state index in [0.29, 0.717) is 5.56 Å². The summed E-state index contributed by atoms with van der Waals surface area (Å²) in [6.45, 7) is 0.000763. The molecular formula is C17H10F2N6O3. The molecule has 0 amide bonds. The van der Waals surface area contributed by atoms with Gasteiger partial charge in [0, 0.05) is 5.56 Å². The number of fused-ring (bicyclic) bond motifs is 1. The van der Waals surface area contributed by atoms with Crippen LogP contribution in [0.4, 0.5) is 14.5 Å². The predicted octanol–water partition coefficient (Wildman–Crippen LogP) is 2.83. The Kier molecular flexibility index (Phi) is 4.11. The average molecular weight is 384 g/mol. The molecule has 1 N–H and O–H groups in total.